The van der Waals surface area contributed by atoms with Crippen molar-refractivity contribution in [2.45, 2.75) is 11.8 Å². The molecule has 2 aromatic rings. The lowest BCUT2D eigenvalue weighted by Gasteiger charge is -2.13. The molecule has 0 atom stereocenters. The summed E-state index contributed by atoms with van der Waals surface area (Å²) < 4.78 is 5.55. The van der Waals surface area contributed by atoms with Gasteiger partial charge in [-0.1, -0.05) is 11.8 Å². The largest absolute Gasteiger partial charge is 0.494 e. The maximum atomic E-state index is 5.55. The molecule has 5 nitrogen and oxygen atoms in total. The number of benzene rings is 1. The second-order valence-corrected chi connectivity index (χ2v) is 5.94. The zero-order valence-electron chi connectivity index (χ0n) is 13.1. The Morgan fingerprint density at radius 2 is 2.13 bits per heavy atom. The topological polar surface area (TPSA) is 49.8 Å². The molecule has 0 saturated heterocycles. The molecule has 0 amide bonds. The van der Waals surface area contributed by atoms with E-state index in [1.165, 1.54) is 10.6 Å². The first kappa shape index (κ1) is 15.4. The summed E-state index contributed by atoms with van der Waals surface area (Å²) in [5.74, 6) is 0.900. The predicted octanol–water partition coefficient (Wildman–Crippen LogP) is 3.44. The molecule has 0 fully saturated rings. The fourth-order valence-corrected chi connectivity index (χ4v) is 3.25. The van der Waals surface area contributed by atoms with Crippen LogP contribution in [0.2, 0.25) is 0 Å². The first-order chi connectivity index (χ1) is 11.3. The van der Waals surface area contributed by atoms with E-state index in [0.717, 1.165) is 16.3 Å². The average Bonchev–Trinajstić information content (AvgIpc) is 2.89. The molecule has 1 N–H and O–H groups in total. The van der Waals surface area contributed by atoms with Gasteiger partial charge in [0.1, 0.15) is 5.75 Å². The molecule has 1 aliphatic rings. The summed E-state index contributed by atoms with van der Waals surface area (Å²) in [7, 11) is 2.04. The van der Waals surface area contributed by atoms with E-state index in [1.54, 1.807) is 30.4 Å². The molecule has 0 aliphatic carbocycles. The van der Waals surface area contributed by atoms with Gasteiger partial charge in [0.25, 0.3) is 0 Å². The van der Waals surface area contributed by atoms with Crippen molar-refractivity contribution in [2.75, 3.05) is 18.6 Å². The molecule has 0 radical (unpaired) electrons. The molecule has 118 valence electrons. The Balaban J connectivity index is 1.66. The van der Waals surface area contributed by atoms with Crippen molar-refractivity contribution in [2.24, 2.45) is 5.10 Å². The van der Waals surface area contributed by atoms with Crippen molar-refractivity contribution < 1.29 is 4.74 Å². The van der Waals surface area contributed by atoms with Crippen molar-refractivity contribution >= 4 is 23.7 Å². The van der Waals surface area contributed by atoms with Gasteiger partial charge in [-0.05, 0) is 42.8 Å². The van der Waals surface area contributed by atoms with Crippen LogP contribution >= 0.6 is 11.8 Å². The number of fused-ring (bicyclic) bond motifs is 1. The monoisotopic (exact) mass is 326 g/mol. The first-order valence-electron chi connectivity index (χ1n) is 7.35. The number of thioether (sulfide) groups is 1. The van der Waals surface area contributed by atoms with E-state index < -0.39 is 0 Å². The number of rotatable bonds is 5. The number of ether oxygens (including phenoxy) is 1. The molecule has 0 unspecified atom stereocenters. The van der Waals surface area contributed by atoms with Gasteiger partial charge in [-0.3, -0.25) is 10.4 Å². The number of hydrogen-bond acceptors (Lipinski definition) is 6. The van der Waals surface area contributed by atoms with E-state index in [9.17, 15) is 0 Å². The zero-order valence-corrected chi connectivity index (χ0v) is 13.9. The molecule has 0 bridgehead atoms. The summed E-state index contributed by atoms with van der Waals surface area (Å²) in [6, 6.07) is 9.95. The van der Waals surface area contributed by atoms with Crippen LogP contribution in [0.3, 0.4) is 0 Å². The van der Waals surface area contributed by atoms with Crippen LogP contribution in [-0.2, 0) is 0 Å². The quantitative estimate of drug-likeness (QED) is 0.674. The third-order valence-corrected chi connectivity index (χ3v) is 4.48. The Morgan fingerprint density at radius 3 is 2.91 bits per heavy atom. The highest BCUT2D eigenvalue weighted by atomic mass is 32.2. The van der Waals surface area contributed by atoms with Gasteiger partial charge >= 0.3 is 0 Å². The summed E-state index contributed by atoms with van der Waals surface area (Å²) in [6.45, 7) is 2.66. The van der Waals surface area contributed by atoms with Gasteiger partial charge in [0.15, 0.2) is 0 Å². The summed E-state index contributed by atoms with van der Waals surface area (Å²) in [5, 5.41) is 5.29. The maximum Gasteiger partial charge on any atom is 0.120 e. The van der Waals surface area contributed by atoms with Crippen LogP contribution in [0.1, 0.15) is 12.5 Å². The fourth-order valence-electron chi connectivity index (χ4n) is 2.19. The molecular formula is C17H18N4OS. The lowest BCUT2D eigenvalue weighted by molar-refractivity contribution is 0.339. The normalized spacial score (nSPS) is 15.2. The van der Waals surface area contributed by atoms with Crippen LogP contribution in [-0.4, -0.2) is 24.9 Å². The van der Waals surface area contributed by atoms with Gasteiger partial charge in [0.05, 0.1) is 29.7 Å². The fraction of sp³-hybridized carbons (Fsp3) is 0.176. The van der Waals surface area contributed by atoms with Crippen LogP contribution in [0.15, 0.2) is 64.0 Å². The van der Waals surface area contributed by atoms with Crippen LogP contribution < -0.4 is 15.1 Å². The number of aromatic nitrogens is 1. The zero-order chi connectivity index (χ0) is 16.1. The van der Waals surface area contributed by atoms with Gasteiger partial charge < -0.3 is 9.64 Å². The van der Waals surface area contributed by atoms with Crippen LogP contribution in [0.5, 0.6) is 5.75 Å². The molecule has 1 aromatic carbocycles. The van der Waals surface area contributed by atoms with Crippen LogP contribution in [0.4, 0.5) is 5.69 Å². The molecule has 1 aliphatic heterocycles. The SMILES string of the molecule is CCOc1ccc2c(c1)S/C(=C\N/N=C/c1ccncc1)N2C. The number of pyridine rings is 1. The lowest BCUT2D eigenvalue weighted by Crippen LogP contribution is -2.11. The smallest absolute Gasteiger partial charge is 0.120 e. The minimum Gasteiger partial charge on any atom is -0.494 e. The van der Waals surface area contributed by atoms with Crippen molar-refractivity contribution in [3.05, 3.63) is 59.5 Å². The Labute approximate surface area is 140 Å². The molecule has 0 saturated carbocycles. The molecule has 23 heavy (non-hydrogen) atoms. The highest BCUT2D eigenvalue weighted by Crippen LogP contribution is 2.46. The summed E-state index contributed by atoms with van der Waals surface area (Å²) in [5.41, 5.74) is 5.15. The van der Waals surface area contributed by atoms with Crippen molar-refractivity contribution in [1.82, 2.24) is 10.4 Å². The maximum absolute atomic E-state index is 5.55. The van der Waals surface area contributed by atoms with Crippen molar-refractivity contribution in [3.63, 3.8) is 0 Å². The highest BCUT2D eigenvalue weighted by molar-refractivity contribution is 8.03. The molecule has 1 aromatic heterocycles. The summed E-state index contributed by atoms with van der Waals surface area (Å²) in [6.07, 6.45) is 7.14. The molecule has 0 spiro atoms. The van der Waals surface area contributed by atoms with Gasteiger partial charge in [-0.15, -0.1) is 0 Å². The molecule has 6 heteroatoms. The van der Waals surface area contributed by atoms with Gasteiger partial charge in [0, 0.05) is 24.3 Å². The predicted molar refractivity (Wildman–Crippen MR) is 94.9 cm³/mol. The number of nitrogens with one attached hydrogen (secondary N) is 1. The van der Waals surface area contributed by atoms with Crippen LogP contribution in [0.25, 0.3) is 0 Å². The molecular weight excluding hydrogens is 308 g/mol. The van der Waals surface area contributed by atoms with Crippen LogP contribution in [0, 0.1) is 0 Å². The third-order valence-electron chi connectivity index (χ3n) is 3.33. The lowest BCUT2D eigenvalue weighted by atomic mass is 10.3. The number of hydrogen-bond donors (Lipinski definition) is 1. The second kappa shape index (κ2) is 7.19. The molecule has 2 heterocycles. The third kappa shape index (κ3) is 3.65. The highest BCUT2D eigenvalue weighted by Gasteiger charge is 2.22. The van der Waals surface area contributed by atoms with E-state index in [0.29, 0.717) is 6.61 Å². The van der Waals surface area contributed by atoms with Gasteiger partial charge in [-0.2, -0.15) is 5.10 Å². The summed E-state index contributed by atoms with van der Waals surface area (Å²) >= 11 is 1.69. The minimum atomic E-state index is 0.674. The first-order valence-corrected chi connectivity index (χ1v) is 8.17. The van der Waals surface area contributed by atoms with E-state index in [2.05, 4.69) is 32.5 Å². The number of anilines is 1. The second-order valence-electron chi connectivity index (χ2n) is 4.87. The van der Waals surface area contributed by atoms with Crippen molar-refractivity contribution in [3.8, 4) is 5.75 Å². The van der Waals surface area contributed by atoms with Crippen molar-refractivity contribution in [1.29, 1.82) is 0 Å². The van der Waals surface area contributed by atoms with E-state index in [1.807, 2.05) is 38.4 Å². The van der Waals surface area contributed by atoms with E-state index in [4.69, 9.17) is 4.74 Å². The Kier molecular flexibility index (Phi) is 4.83. The van der Waals surface area contributed by atoms with E-state index in [-0.39, 0.29) is 0 Å². The van der Waals surface area contributed by atoms with E-state index >= 15 is 0 Å². The number of nitrogens with zero attached hydrogens (tertiary/aromatic N) is 3. The average molecular weight is 326 g/mol. The standard InChI is InChI=1S/C17H18N4OS/c1-3-22-14-4-5-15-16(10-14)23-17(21(15)2)12-20-19-11-13-6-8-18-9-7-13/h4-12,20H,3H2,1-2H3/b17-12-,19-11+. The Morgan fingerprint density at radius 1 is 1.30 bits per heavy atom. The Bertz CT molecular complexity index is 731. The van der Waals surface area contributed by atoms with Gasteiger partial charge in [0.2, 0.25) is 0 Å². The van der Waals surface area contributed by atoms with Gasteiger partial charge in [-0.25, -0.2) is 0 Å². The minimum absolute atomic E-state index is 0.674. The number of hydrazone groups is 1. The molecule has 3 rings (SSSR count). The summed E-state index contributed by atoms with van der Waals surface area (Å²) in [4.78, 5) is 7.29. The Hall–Kier alpha value is -2.47.